The Morgan fingerprint density at radius 1 is 1.21 bits per heavy atom. The molecule has 1 aliphatic rings. The highest BCUT2D eigenvalue weighted by Gasteiger charge is 2.39. The third-order valence-corrected chi connectivity index (χ3v) is 5.48. The fraction of sp³-hybridized carbons (Fsp3) is 0.217. The zero-order chi connectivity index (χ0) is 19.6. The molecule has 1 saturated carbocycles. The van der Waals surface area contributed by atoms with E-state index >= 15 is 0 Å². The van der Waals surface area contributed by atoms with E-state index in [1.165, 1.54) is 0 Å². The molecule has 5 nitrogen and oxygen atoms in total. The second kappa shape index (κ2) is 7.34. The van der Waals surface area contributed by atoms with Crippen LogP contribution in [0.3, 0.4) is 0 Å². The molecule has 0 radical (unpaired) electrons. The minimum Gasteiger partial charge on any atom is -0.304 e. The molecule has 2 aromatic carbocycles. The Labute approximate surface area is 165 Å². The second-order valence-corrected chi connectivity index (χ2v) is 7.17. The second-order valence-electron chi connectivity index (χ2n) is 7.17. The Bertz CT molecular complexity index is 1040. The molecule has 0 unspecified atom stereocenters. The van der Waals surface area contributed by atoms with Gasteiger partial charge in [-0.2, -0.15) is 5.26 Å². The summed E-state index contributed by atoms with van der Waals surface area (Å²) in [5, 5.41) is 11.3. The number of aromatic nitrogens is 2. The molecule has 5 heteroatoms. The molecule has 0 aliphatic heterocycles. The highest BCUT2D eigenvalue weighted by atomic mass is 15.4. The Hall–Kier alpha value is -3.36. The van der Waals surface area contributed by atoms with Crippen LogP contribution in [0, 0.1) is 11.3 Å². The minimum absolute atomic E-state index is 0.382. The van der Waals surface area contributed by atoms with E-state index in [0.29, 0.717) is 5.82 Å². The van der Waals surface area contributed by atoms with Crippen LogP contribution >= 0.6 is 0 Å². The van der Waals surface area contributed by atoms with E-state index in [-0.39, 0.29) is 5.41 Å². The number of allylic oxidation sites excluding steroid dienone is 1. The van der Waals surface area contributed by atoms with Crippen molar-refractivity contribution in [3.63, 3.8) is 0 Å². The van der Waals surface area contributed by atoms with Gasteiger partial charge in [-0.15, -0.1) is 0 Å². The Morgan fingerprint density at radius 3 is 2.64 bits per heavy atom. The summed E-state index contributed by atoms with van der Waals surface area (Å²) in [6.07, 6.45) is 10.6. The molecule has 0 atom stereocenters. The lowest BCUT2D eigenvalue weighted by molar-refractivity contribution is 0.324. The van der Waals surface area contributed by atoms with Crippen LogP contribution in [0.25, 0.3) is 11.8 Å². The van der Waals surface area contributed by atoms with Crippen molar-refractivity contribution < 1.29 is 0 Å². The van der Waals surface area contributed by atoms with Crippen LogP contribution in [0.15, 0.2) is 67.1 Å². The van der Waals surface area contributed by atoms with Crippen molar-refractivity contribution in [3.8, 4) is 11.8 Å². The van der Waals surface area contributed by atoms with E-state index < -0.39 is 0 Å². The summed E-state index contributed by atoms with van der Waals surface area (Å²) in [7, 11) is 0. The SMILES string of the molecule is C/C=C\c1ccc(C2(C#N)CCC2)cc1N(N)c1cn(-c2ccccc2)cn1. The molecule has 0 saturated heterocycles. The molecule has 1 heterocycles. The van der Waals surface area contributed by atoms with Crippen molar-refractivity contribution in [1.82, 2.24) is 9.55 Å². The quantitative estimate of drug-likeness (QED) is 0.515. The number of nitriles is 1. The van der Waals surface area contributed by atoms with Gasteiger partial charge in [-0.25, -0.2) is 10.8 Å². The van der Waals surface area contributed by atoms with Crippen molar-refractivity contribution >= 4 is 17.6 Å². The zero-order valence-electron chi connectivity index (χ0n) is 15.9. The number of nitrogens with zero attached hydrogens (tertiary/aromatic N) is 4. The summed E-state index contributed by atoms with van der Waals surface area (Å²) < 4.78 is 1.94. The van der Waals surface area contributed by atoms with E-state index in [2.05, 4.69) is 17.1 Å². The van der Waals surface area contributed by atoms with Crippen LogP contribution in [0.4, 0.5) is 11.5 Å². The Kier molecular flexibility index (Phi) is 4.72. The van der Waals surface area contributed by atoms with Gasteiger partial charge in [0.2, 0.25) is 0 Å². The number of hydrogen-bond donors (Lipinski definition) is 1. The van der Waals surface area contributed by atoms with E-state index in [9.17, 15) is 5.26 Å². The van der Waals surface area contributed by atoms with Crippen molar-refractivity contribution in [2.24, 2.45) is 5.84 Å². The lowest BCUT2D eigenvalue weighted by Gasteiger charge is -2.36. The van der Waals surface area contributed by atoms with Crippen molar-refractivity contribution in [2.75, 3.05) is 5.01 Å². The number of imidazole rings is 1. The van der Waals surface area contributed by atoms with Crippen LogP contribution < -0.4 is 10.9 Å². The average molecular weight is 369 g/mol. The summed E-state index contributed by atoms with van der Waals surface area (Å²) >= 11 is 0. The van der Waals surface area contributed by atoms with Gasteiger partial charge in [0.05, 0.1) is 23.4 Å². The standard InChI is InChI=1S/C23H23N5/c1-2-7-18-10-11-19(23(16-24)12-6-13-23)14-21(18)28(25)22-15-27(17-26-22)20-8-4-3-5-9-20/h2-5,7-11,14-15,17H,6,12-13,25H2,1H3/b7-2-. The van der Waals surface area contributed by atoms with Crippen LogP contribution in [-0.2, 0) is 5.41 Å². The van der Waals surface area contributed by atoms with Crippen molar-refractivity contribution in [3.05, 3.63) is 78.3 Å². The maximum Gasteiger partial charge on any atom is 0.165 e. The topological polar surface area (TPSA) is 70.9 Å². The predicted molar refractivity (Wildman–Crippen MR) is 112 cm³/mol. The molecule has 1 fully saturated rings. The molecule has 28 heavy (non-hydrogen) atoms. The maximum absolute atomic E-state index is 9.71. The first-order valence-electron chi connectivity index (χ1n) is 9.49. The van der Waals surface area contributed by atoms with Gasteiger partial charge in [-0.1, -0.05) is 42.5 Å². The molecular weight excluding hydrogens is 346 g/mol. The van der Waals surface area contributed by atoms with Crippen LogP contribution in [-0.4, -0.2) is 9.55 Å². The number of hydrazine groups is 1. The van der Waals surface area contributed by atoms with Gasteiger partial charge in [0, 0.05) is 5.69 Å². The molecule has 0 amide bonds. The Balaban J connectivity index is 1.73. The van der Waals surface area contributed by atoms with Gasteiger partial charge >= 0.3 is 0 Å². The fourth-order valence-electron chi connectivity index (χ4n) is 3.67. The summed E-state index contributed by atoms with van der Waals surface area (Å²) in [5.41, 5.74) is 3.51. The van der Waals surface area contributed by atoms with E-state index in [1.807, 2.05) is 72.3 Å². The highest BCUT2D eigenvalue weighted by Crippen LogP contribution is 2.44. The molecule has 0 bridgehead atoms. The van der Waals surface area contributed by atoms with Crippen LogP contribution in [0.2, 0.25) is 0 Å². The van der Waals surface area contributed by atoms with Crippen molar-refractivity contribution in [2.45, 2.75) is 31.6 Å². The number of benzene rings is 2. The van der Waals surface area contributed by atoms with Gasteiger partial charge < -0.3 is 4.57 Å². The van der Waals surface area contributed by atoms with Gasteiger partial charge in [-0.05, 0) is 55.5 Å². The molecule has 0 spiro atoms. The van der Waals surface area contributed by atoms with Crippen LogP contribution in [0.5, 0.6) is 0 Å². The summed E-state index contributed by atoms with van der Waals surface area (Å²) in [6, 6.07) is 18.6. The van der Waals surface area contributed by atoms with Gasteiger partial charge in [0.25, 0.3) is 0 Å². The van der Waals surface area contributed by atoms with Gasteiger partial charge in [0.1, 0.15) is 6.33 Å². The summed E-state index contributed by atoms with van der Waals surface area (Å²) in [6.45, 7) is 1.98. The first-order chi connectivity index (χ1) is 13.7. The molecule has 140 valence electrons. The highest BCUT2D eigenvalue weighted by molar-refractivity contribution is 5.73. The van der Waals surface area contributed by atoms with E-state index in [4.69, 9.17) is 5.84 Å². The monoisotopic (exact) mass is 369 g/mol. The lowest BCUT2D eigenvalue weighted by Crippen LogP contribution is -2.33. The summed E-state index contributed by atoms with van der Waals surface area (Å²) in [4.78, 5) is 4.49. The third-order valence-electron chi connectivity index (χ3n) is 5.48. The fourth-order valence-corrected chi connectivity index (χ4v) is 3.67. The number of para-hydroxylation sites is 1. The molecule has 3 aromatic rings. The number of hydrogen-bond acceptors (Lipinski definition) is 4. The molecular formula is C23H23N5. The van der Waals surface area contributed by atoms with Crippen molar-refractivity contribution in [1.29, 1.82) is 5.26 Å². The van der Waals surface area contributed by atoms with E-state index in [0.717, 1.165) is 41.8 Å². The predicted octanol–water partition coefficient (Wildman–Crippen LogP) is 4.86. The smallest absolute Gasteiger partial charge is 0.165 e. The average Bonchev–Trinajstić information content (AvgIpc) is 3.19. The van der Waals surface area contributed by atoms with Gasteiger partial charge in [0.15, 0.2) is 5.82 Å². The lowest BCUT2D eigenvalue weighted by atomic mass is 9.65. The molecule has 2 N–H and O–H groups in total. The maximum atomic E-state index is 9.71. The largest absolute Gasteiger partial charge is 0.304 e. The summed E-state index contributed by atoms with van der Waals surface area (Å²) in [5.74, 6) is 7.14. The van der Waals surface area contributed by atoms with E-state index in [1.54, 1.807) is 11.3 Å². The number of anilines is 2. The molecule has 4 rings (SSSR count). The molecule has 1 aromatic heterocycles. The first-order valence-corrected chi connectivity index (χ1v) is 9.49. The number of rotatable bonds is 5. The van der Waals surface area contributed by atoms with Gasteiger partial charge in [-0.3, -0.25) is 5.01 Å². The van der Waals surface area contributed by atoms with Crippen LogP contribution in [0.1, 0.15) is 37.3 Å². The number of nitrogens with two attached hydrogens (primary N) is 1. The first kappa shape index (κ1) is 18.0. The third kappa shape index (κ3) is 3.08. The minimum atomic E-state index is -0.382. The molecule has 1 aliphatic carbocycles. The Morgan fingerprint density at radius 2 is 2.00 bits per heavy atom. The zero-order valence-corrected chi connectivity index (χ0v) is 15.9. The normalized spacial score (nSPS) is 15.2.